The molecule has 1 saturated heterocycles. The van der Waals surface area contributed by atoms with Crippen molar-refractivity contribution in [3.05, 3.63) is 21.9 Å². The first-order chi connectivity index (χ1) is 8.99. The van der Waals surface area contributed by atoms with Gasteiger partial charge in [0.15, 0.2) is 0 Å². The third-order valence-corrected chi connectivity index (χ3v) is 4.53. The van der Waals surface area contributed by atoms with E-state index in [2.05, 4.69) is 10.2 Å². The molecule has 108 valence electrons. The van der Waals surface area contributed by atoms with Gasteiger partial charge < -0.3 is 5.32 Å². The first kappa shape index (κ1) is 14.8. The van der Waals surface area contributed by atoms with Crippen LogP contribution in [0.5, 0.6) is 0 Å². The lowest BCUT2D eigenvalue weighted by molar-refractivity contribution is -0.134. The first-order valence-electron chi connectivity index (χ1n) is 6.52. The average molecular weight is 292 g/mol. The van der Waals surface area contributed by atoms with Crippen LogP contribution < -0.4 is 5.32 Å². The molecule has 0 saturated carbocycles. The molecule has 0 radical (unpaired) electrons. The lowest BCUT2D eigenvalue weighted by Crippen LogP contribution is -2.38. The van der Waals surface area contributed by atoms with Gasteiger partial charge in [0.2, 0.25) is 0 Å². The molecule has 2 nitrogen and oxygen atoms in total. The molecule has 1 atom stereocenters. The van der Waals surface area contributed by atoms with E-state index >= 15 is 0 Å². The molecule has 1 aromatic heterocycles. The predicted molar refractivity (Wildman–Crippen MR) is 71.2 cm³/mol. The Bertz CT molecular complexity index is 401. The smallest absolute Gasteiger partial charge is 0.319 e. The average Bonchev–Trinajstić information content (AvgIpc) is 2.78. The minimum Gasteiger partial charge on any atom is -0.319 e. The van der Waals surface area contributed by atoms with Crippen LogP contribution in [0, 0.1) is 5.92 Å². The summed E-state index contributed by atoms with van der Waals surface area (Å²) in [5, 5.41) is 3.17. The number of nitrogens with one attached hydrogen (secondary N) is 1. The maximum atomic E-state index is 12.5. The number of hydrogen-bond acceptors (Lipinski definition) is 3. The van der Waals surface area contributed by atoms with Crippen molar-refractivity contribution in [1.82, 2.24) is 10.2 Å². The highest BCUT2D eigenvalue weighted by Crippen LogP contribution is 2.35. The van der Waals surface area contributed by atoms with E-state index in [4.69, 9.17) is 0 Å². The van der Waals surface area contributed by atoms with Gasteiger partial charge in [-0.05, 0) is 51.0 Å². The van der Waals surface area contributed by atoms with E-state index in [0.29, 0.717) is 12.5 Å². The van der Waals surface area contributed by atoms with E-state index in [1.807, 2.05) is 7.05 Å². The summed E-state index contributed by atoms with van der Waals surface area (Å²) in [6.45, 7) is 3.58. The van der Waals surface area contributed by atoms with Gasteiger partial charge in [0.05, 0.1) is 0 Å². The second kappa shape index (κ2) is 6.24. The SMILES string of the molecule is CNCC1CCCN(Cc2ccc(C(F)(F)F)s2)C1. The van der Waals surface area contributed by atoms with E-state index in [1.165, 1.54) is 12.5 Å². The van der Waals surface area contributed by atoms with Gasteiger partial charge in [0.1, 0.15) is 4.88 Å². The summed E-state index contributed by atoms with van der Waals surface area (Å²) in [5.74, 6) is 0.612. The Morgan fingerprint density at radius 2 is 2.21 bits per heavy atom. The summed E-state index contributed by atoms with van der Waals surface area (Å²) in [6.07, 6.45) is -1.88. The second-order valence-corrected chi connectivity index (χ2v) is 6.23. The Morgan fingerprint density at radius 3 is 2.84 bits per heavy atom. The molecular formula is C13H19F3N2S. The van der Waals surface area contributed by atoms with E-state index in [0.717, 1.165) is 42.3 Å². The van der Waals surface area contributed by atoms with E-state index in [9.17, 15) is 13.2 Å². The maximum absolute atomic E-state index is 12.5. The predicted octanol–water partition coefficient (Wildman–Crippen LogP) is 3.20. The minimum absolute atomic E-state index is 0.494. The highest BCUT2D eigenvalue weighted by atomic mass is 32.1. The number of alkyl halides is 3. The lowest BCUT2D eigenvalue weighted by Gasteiger charge is -2.32. The van der Waals surface area contributed by atoms with Crippen LogP contribution in [0.25, 0.3) is 0 Å². The van der Waals surface area contributed by atoms with Gasteiger partial charge in [-0.3, -0.25) is 4.90 Å². The normalized spacial score (nSPS) is 21.8. The van der Waals surface area contributed by atoms with Gasteiger partial charge in [-0.25, -0.2) is 0 Å². The first-order valence-corrected chi connectivity index (χ1v) is 7.33. The third-order valence-electron chi connectivity index (χ3n) is 3.42. The molecule has 1 fully saturated rings. The van der Waals surface area contributed by atoms with Crippen molar-refractivity contribution in [1.29, 1.82) is 0 Å². The van der Waals surface area contributed by atoms with Gasteiger partial charge in [0, 0.05) is 18.0 Å². The molecule has 1 N–H and O–H groups in total. The number of nitrogens with zero attached hydrogens (tertiary/aromatic N) is 1. The number of piperidine rings is 1. The standard InChI is InChI=1S/C13H19F3N2S/c1-17-7-10-3-2-6-18(8-10)9-11-4-5-12(19-11)13(14,15)16/h4-5,10,17H,2-3,6-9H2,1H3. The maximum Gasteiger partial charge on any atom is 0.425 e. The van der Waals surface area contributed by atoms with Crippen molar-refractivity contribution in [3.63, 3.8) is 0 Å². The third kappa shape index (κ3) is 4.19. The molecule has 1 aliphatic heterocycles. The number of thiophene rings is 1. The number of halogens is 3. The Labute approximate surface area is 115 Å². The molecular weight excluding hydrogens is 273 g/mol. The topological polar surface area (TPSA) is 15.3 Å². The van der Waals surface area contributed by atoms with Crippen molar-refractivity contribution in [3.8, 4) is 0 Å². The number of hydrogen-bond donors (Lipinski definition) is 1. The van der Waals surface area contributed by atoms with Gasteiger partial charge in [-0.15, -0.1) is 11.3 Å². The Balaban J connectivity index is 1.92. The molecule has 1 unspecified atom stereocenters. The van der Waals surface area contributed by atoms with E-state index in [-0.39, 0.29) is 0 Å². The fourth-order valence-electron chi connectivity index (χ4n) is 2.59. The summed E-state index contributed by atoms with van der Waals surface area (Å²) < 4.78 is 37.6. The van der Waals surface area contributed by atoms with Crippen LogP contribution in [0.2, 0.25) is 0 Å². The minimum atomic E-state index is -4.21. The van der Waals surface area contributed by atoms with Gasteiger partial charge >= 0.3 is 6.18 Å². The number of rotatable bonds is 4. The highest BCUT2D eigenvalue weighted by molar-refractivity contribution is 7.12. The van der Waals surface area contributed by atoms with Crippen molar-refractivity contribution >= 4 is 11.3 Å². The Hall–Kier alpha value is -0.590. The van der Waals surface area contributed by atoms with Crippen LogP contribution in [0.1, 0.15) is 22.6 Å². The number of likely N-dealkylation sites (tertiary alicyclic amines) is 1. The summed E-state index contributed by atoms with van der Waals surface area (Å²) in [5.41, 5.74) is 0. The molecule has 0 aliphatic carbocycles. The Kier molecular flexibility index (Phi) is 4.86. The summed E-state index contributed by atoms with van der Waals surface area (Å²) in [4.78, 5) is 2.57. The molecule has 1 aliphatic rings. The highest BCUT2D eigenvalue weighted by Gasteiger charge is 2.32. The fraction of sp³-hybridized carbons (Fsp3) is 0.692. The zero-order chi connectivity index (χ0) is 13.9. The zero-order valence-electron chi connectivity index (χ0n) is 11.0. The molecule has 0 spiro atoms. The summed E-state index contributed by atoms with van der Waals surface area (Å²) >= 11 is 0.866. The second-order valence-electron chi connectivity index (χ2n) is 5.06. The molecule has 2 heterocycles. The molecule has 1 aromatic rings. The van der Waals surface area contributed by atoms with Crippen LogP contribution in [0.3, 0.4) is 0 Å². The van der Waals surface area contributed by atoms with Crippen LogP contribution in [0.4, 0.5) is 13.2 Å². The molecule has 0 bridgehead atoms. The van der Waals surface area contributed by atoms with Gasteiger partial charge in [-0.1, -0.05) is 0 Å². The van der Waals surface area contributed by atoms with Gasteiger partial charge in [0.25, 0.3) is 0 Å². The largest absolute Gasteiger partial charge is 0.425 e. The zero-order valence-corrected chi connectivity index (χ0v) is 11.8. The molecule has 19 heavy (non-hydrogen) atoms. The van der Waals surface area contributed by atoms with Crippen LogP contribution in [-0.2, 0) is 12.7 Å². The lowest BCUT2D eigenvalue weighted by atomic mass is 9.98. The molecule has 0 aromatic carbocycles. The van der Waals surface area contributed by atoms with Crippen molar-refractivity contribution < 1.29 is 13.2 Å². The van der Waals surface area contributed by atoms with Gasteiger partial charge in [-0.2, -0.15) is 13.2 Å². The van der Waals surface area contributed by atoms with E-state index in [1.54, 1.807) is 6.07 Å². The monoisotopic (exact) mass is 292 g/mol. The summed E-state index contributed by atoms with van der Waals surface area (Å²) in [6, 6.07) is 2.80. The van der Waals surface area contributed by atoms with Crippen molar-refractivity contribution in [2.75, 3.05) is 26.7 Å². The Morgan fingerprint density at radius 1 is 1.42 bits per heavy atom. The van der Waals surface area contributed by atoms with E-state index < -0.39 is 11.1 Å². The van der Waals surface area contributed by atoms with Crippen LogP contribution >= 0.6 is 11.3 Å². The summed E-state index contributed by atoms with van der Waals surface area (Å²) in [7, 11) is 1.94. The molecule has 2 rings (SSSR count). The van der Waals surface area contributed by atoms with Crippen molar-refractivity contribution in [2.45, 2.75) is 25.6 Å². The van der Waals surface area contributed by atoms with Crippen molar-refractivity contribution in [2.24, 2.45) is 5.92 Å². The fourth-order valence-corrected chi connectivity index (χ4v) is 3.50. The van der Waals surface area contributed by atoms with Crippen LogP contribution in [-0.4, -0.2) is 31.6 Å². The molecule has 0 amide bonds. The van der Waals surface area contributed by atoms with Crippen LogP contribution in [0.15, 0.2) is 12.1 Å². The quantitative estimate of drug-likeness (QED) is 0.917. The molecule has 6 heteroatoms.